The number of sulfonamides is 1. The lowest BCUT2D eigenvalue weighted by atomic mass is 10.2. The number of aromatic nitrogens is 1. The highest BCUT2D eigenvalue weighted by molar-refractivity contribution is 7.89. The number of piperazine rings is 1. The summed E-state index contributed by atoms with van der Waals surface area (Å²) < 4.78 is 37.2. The van der Waals surface area contributed by atoms with E-state index < -0.39 is 22.2 Å². The van der Waals surface area contributed by atoms with Crippen LogP contribution >= 0.6 is 0 Å². The van der Waals surface area contributed by atoms with Crippen LogP contribution < -0.4 is 4.72 Å². The van der Waals surface area contributed by atoms with Gasteiger partial charge in [0, 0.05) is 26.2 Å². The van der Waals surface area contributed by atoms with Gasteiger partial charge < -0.3 is 19.1 Å². The molecule has 2 heterocycles. The Morgan fingerprint density at radius 2 is 1.81 bits per heavy atom. The molecule has 146 valence electrons. The molecule has 0 aromatic carbocycles. The van der Waals surface area contributed by atoms with Crippen LogP contribution in [0.4, 0.5) is 4.79 Å². The van der Waals surface area contributed by atoms with Gasteiger partial charge in [-0.05, 0) is 27.7 Å². The van der Waals surface area contributed by atoms with E-state index in [9.17, 15) is 18.0 Å². The van der Waals surface area contributed by atoms with Crippen LogP contribution in [0.2, 0.25) is 0 Å². The molecule has 1 saturated heterocycles. The maximum absolute atomic E-state index is 12.5. The number of hydrogen-bond acceptors (Lipinski definition) is 7. The van der Waals surface area contributed by atoms with Crippen LogP contribution in [0.25, 0.3) is 0 Å². The average molecular weight is 388 g/mol. The first-order valence-corrected chi connectivity index (χ1v) is 9.81. The largest absolute Gasteiger partial charge is 0.450 e. The third-order valence-electron chi connectivity index (χ3n) is 4.06. The van der Waals surface area contributed by atoms with Crippen LogP contribution in [0.1, 0.15) is 25.3 Å². The molecule has 2 amide bonds. The average Bonchev–Trinajstić information content (AvgIpc) is 2.93. The summed E-state index contributed by atoms with van der Waals surface area (Å²) in [4.78, 5) is 27.2. The molecule has 0 aliphatic carbocycles. The highest BCUT2D eigenvalue weighted by Crippen LogP contribution is 2.19. The molecule has 1 fully saturated rings. The topological polar surface area (TPSA) is 122 Å². The molecule has 1 aromatic heterocycles. The molecule has 1 aromatic rings. The number of carbonyl (C=O) groups is 2. The van der Waals surface area contributed by atoms with Crippen molar-refractivity contribution in [1.82, 2.24) is 19.7 Å². The Morgan fingerprint density at radius 3 is 2.31 bits per heavy atom. The van der Waals surface area contributed by atoms with E-state index in [0.29, 0.717) is 32.8 Å². The highest BCUT2D eigenvalue weighted by atomic mass is 32.2. The van der Waals surface area contributed by atoms with Crippen molar-refractivity contribution in [2.24, 2.45) is 0 Å². The van der Waals surface area contributed by atoms with Crippen molar-refractivity contribution < 1.29 is 27.3 Å². The lowest BCUT2D eigenvalue weighted by molar-refractivity contribution is -0.134. The zero-order valence-electron chi connectivity index (χ0n) is 15.3. The van der Waals surface area contributed by atoms with Gasteiger partial charge in [0.15, 0.2) is 5.76 Å². The maximum atomic E-state index is 12.5. The van der Waals surface area contributed by atoms with Crippen LogP contribution in [0.5, 0.6) is 0 Å². The second-order valence-electron chi connectivity index (χ2n) is 6.01. The minimum atomic E-state index is -3.93. The number of amides is 2. The fourth-order valence-electron chi connectivity index (χ4n) is 2.80. The Labute approximate surface area is 152 Å². The third-order valence-corrected chi connectivity index (χ3v) is 5.84. The number of hydrogen-bond donors (Lipinski definition) is 1. The Kier molecular flexibility index (Phi) is 6.24. The number of rotatable bonds is 5. The summed E-state index contributed by atoms with van der Waals surface area (Å²) in [6, 6.07) is -0.956. The lowest BCUT2D eigenvalue weighted by Crippen LogP contribution is -2.55. The summed E-state index contributed by atoms with van der Waals surface area (Å²) in [7, 11) is -3.93. The Bertz CT molecular complexity index is 748. The molecule has 0 unspecified atom stereocenters. The van der Waals surface area contributed by atoms with Gasteiger partial charge in [-0.3, -0.25) is 4.79 Å². The van der Waals surface area contributed by atoms with Gasteiger partial charge in [-0.15, -0.1) is 0 Å². The molecular weight excluding hydrogens is 364 g/mol. The fourth-order valence-corrected chi connectivity index (χ4v) is 4.32. The Morgan fingerprint density at radius 1 is 1.23 bits per heavy atom. The zero-order chi connectivity index (χ0) is 19.5. The third kappa shape index (κ3) is 4.33. The van der Waals surface area contributed by atoms with Gasteiger partial charge in [0.05, 0.1) is 12.6 Å². The molecule has 1 aliphatic heterocycles. The minimum absolute atomic E-state index is 0.0516. The van der Waals surface area contributed by atoms with E-state index in [0.717, 1.165) is 0 Å². The van der Waals surface area contributed by atoms with Gasteiger partial charge in [0.1, 0.15) is 10.6 Å². The molecule has 0 saturated carbocycles. The zero-order valence-corrected chi connectivity index (χ0v) is 16.1. The van der Waals surface area contributed by atoms with E-state index >= 15 is 0 Å². The monoisotopic (exact) mass is 388 g/mol. The van der Waals surface area contributed by atoms with Crippen molar-refractivity contribution in [1.29, 1.82) is 0 Å². The van der Waals surface area contributed by atoms with Gasteiger partial charge in [0.25, 0.3) is 0 Å². The van der Waals surface area contributed by atoms with Crippen LogP contribution in [-0.4, -0.2) is 74.2 Å². The van der Waals surface area contributed by atoms with E-state index in [1.165, 1.54) is 30.6 Å². The van der Waals surface area contributed by atoms with Gasteiger partial charge in [0.2, 0.25) is 15.9 Å². The van der Waals surface area contributed by atoms with Crippen molar-refractivity contribution in [2.75, 3.05) is 32.8 Å². The van der Waals surface area contributed by atoms with Crippen LogP contribution in [-0.2, 0) is 19.6 Å². The highest BCUT2D eigenvalue weighted by Gasteiger charge is 2.32. The maximum Gasteiger partial charge on any atom is 0.409 e. The van der Waals surface area contributed by atoms with Crippen molar-refractivity contribution in [3.63, 3.8) is 0 Å². The number of aryl methyl sites for hydroxylation is 2. The number of carbonyl (C=O) groups excluding carboxylic acids is 2. The summed E-state index contributed by atoms with van der Waals surface area (Å²) in [5.74, 6) is -0.193. The Hall–Kier alpha value is -2.14. The predicted molar refractivity (Wildman–Crippen MR) is 90.9 cm³/mol. The second-order valence-corrected chi connectivity index (χ2v) is 7.66. The fraction of sp³-hybridized carbons (Fsp3) is 0.667. The number of ether oxygens (including phenoxy) is 1. The molecule has 11 heteroatoms. The van der Waals surface area contributed by atoms with Crippen LogP contribution in [0.3, 0.4) is 0 Å². The molecule has 0 spiro atoms. The normalized spacial score (nSPS) is 16.5. The van der Waals surface area contributed by atoms with Gasteiger partial charge in [-0.1, -0.05) is 5.16 Å². The molecule has 10 nitrogen and oxygen atoms in total. The quantitative estimate of drug-likeness (QED) is 0.767. The number of nitrogens with zero attached hydrogens (tertiary/aromatic N) is 3. The SMILES string of the molecule is CCOC(=O)N1CCN(C(=O)[C@H](C)NS(=O)(=O)c2c(C)noc2C)CC1. The van der Waals surface area contributed by atoms with Crippen molar-refractivity contribution in [3.05, 3.63) is 11.5 Å². The standard InChI is InChI=1S/C15H24N4O6S/c1-5-24-15(21)19-8-6-18(7-9-19)14(20)11(3)17-26(22,23)13-10(2)16-25-12(13)4/h11,17H,5-9H2,1-4H3/t11-/m0/s1. The van der Waals surface area contributed by atoms with Crippen LogP contribution in [0, 0.1) is 13.8 Å². The molecule has 1 atom stereocenters. The summed E-state index contributed by atoms with van der Waals surface area (Å²) in [5, 5.41) is 3.63. The Balaban J connectivity index is 1.97. The van der Waals surface area contributed by atoms with E-state index in [4.69, 9.17) is 9.26 Å². The first-order valence-electron chi connectivity index (χ1n) is 8.33. The summed E-state index contributed by atoms with van der Waals surface area (Å²) in [6.07, 6.45) is -0.410. The van der Waals surface area contributed by atoms with Crippen LogP contribution in [0.15, 0.2) is 9.42 Å². The lowest BCUT2D eigenvalue weighted by Gasteiger charge is -2.35. The van der Waals surface area contributed by atoms with Gasteiger partial charge in [-0.25, -0.2) is 13.2 Å². The van der Waals surface area contributed by atoms with Gasteiger partial charge in [-0.2, -0.15) is 4.72 Å². The first kappa shape index (κ1) is 20.2. The molecule has 26 heavy (non-hydrogen) atoms. The van der Waals surface area contributed by atoms with Crippen molar-refractivity contribution in [2.45, 2.75) is 38.6 Å². The molecular formula is C15H24N4O6S. The molecule has 2 rings (SSSR count). The van der Waals surface area contributed by atoms with E-state index in [1.54, 1.807) is 6.92 Å². The smallest absolute Gasteiger partial charge is 0.409 e. The van der Waals surface area contributed by atoms with E-state index in [2.05, 4.69) is 9.88 Å². The number of nitrogens with one attached hydrogen (secondary N) is 1. The second kappa shape index (κ2) is 8.04. The van der Waals surface area contributed by atoms with Gasteiger partial charge >= 0.3 is 6.09 Å². The van der Waals surface area contributed by atoms with E-state index in [1.807, 2.05) is 0 Å². The van der Waals surface area contributed by atoms with E-state index in [-0.39, 0.29) is 22.3 Å². The minimum Gasteiger partial charge on any atom is -0.450 e. The summed E-state index contributed by atoms with van der Waals surface area (Å²) in [6.45, 7) is 7.83. The summed E-state index contributed by atoms with van der Waals surface area (Å²) in [5.41, 5.74) is 0.234. The summed E-state index contributed by atoms with van der Waals surface area (Å²) >= 11 is 0. The first-order chi connectivity index (χ1) is 12.2. The van der Waals surface area contributed by atoms with Crippen molar-refractivity contribution >= 4 is 22.0 Å². The molecule has 1 aliphatic rings. The molecule has 1 N–H and O–H groups in total. The molecule has 0 radical (unpaired) electrons. The van der Waals surface area contributed by atoms with Crippen molar-refractivity contribution in [3.8, 4) is 0 Å². The predicted octanol–water partition coefficient (Wildman–Crippen LogP) is 0.259. The molecule has 0 bridgehead atoms.